The minimum absolute atomic E-state index is 0.161. The molecule has 0 aliphatic carbocycles. The van der Waals surface area contributed by atoms with E-state index in [2.05, 4.69) is 20.3 Å². The first kappa shape index (κ1) is 12.7. The van der Waals surface area contributed by atoms with E-state index in [1.54, 1.807) is 9.08 Å². The fraction of sp³-hybridized carbons (Fsp3) is 0.0714. The normalized spacial score (nSPS) is 11.1. The van der Waals surface area contributed by atoms with Crippen LogP contribution >= 0.6 is 11.6 Å². The zero-order valence-corrected chi connectivity index (χ0v) is 12.2. The Balaban J connectivity index is 2.22. The van der Waals surface area contributed by atoms with Crippen molar-refractivity contribution in [1.29, 1.82) is 5.26 Å². The number of hydrogen-bond acceptors (Lipinski definition) is 5. The summed E-state index contributed by atoms with van der Waals surface area (Å²) in [5, 5.41) is 22.5. The van der Waals surface area contributed by atoms with E-state index >= 15 is 0 Å². The molecule has 0 radical (unpaired) electrons. The lowest BCUT2D eigenvalue weighted by atomic mass is 10.2. The molecule has 0 atom stereocenters. The van der Waals surface area contributed by atoms with Crippen molar-refractivity contribution in [2.75, 3.05) is 0 Å². The van der Waals surface area contributed by atoms with Crippen molar-refractivity contribution in [2.24, 2.45) is 0 Å². The standard InChI is InChI=1S/C14H8ClN7/c1-8-12(15)14-18-13(21-7-17-19-11(21)6-16)9-4-2-3-5-10(9)22(14)20-8/h2-5,7H,1H3. The number of halogens is 1. The number of aryl methyl sites for hydroxylation is 1. The third-order valence-corrected chi connectivity index (χ3v) is 3.87. The predicted molar refractivity (Wildman–Crippen MR) is 79.9 cm³/mol. The molecule has 0 unspecified atom stereocenters. The minimum Gasteiger partial charge on any atom is -0.256 e. The molecule has 3 heterocycles. The third kappa shape index (κ3) is 1.61. The zero-order chi connectivity index (χ0) is 15.3. The van der Waals surface area contributed by atoms with Crippen molar-refractivity contribution in [2.45, 2.75) is 6.92 Å². The quantitative estimate of drug-likeness (QED) is 0.538. The van der Waals surface area contributed by atoms with Crippen LogP contribution in [0.2, 0.25) is 5.02 Å². The fourth-order valence-corrected chi connectivity index (χ4v) is 2.58. The number of hydrogen-bond donors (Lipinski definition) is 0. The highest BCUT2D eigenvalue weighted by atomic mass is 35.5. The molecule has 106 valence electrons. The topological polar surface area (TPSA) is 84.7 Å². The van der Waals surface area contributed by atoms with Crippen LogP contribution in [0.3, 0.4) is 0 Å². The summed E-state index contributed by atoms with van der Waals surface area (Å²) in [4.78, 5) is 4.58. The molecule has 1 aromatic carbocycles. The van der Waals surface area contributed by atoms with Gasteiger partial charge in [-0.05, 0) is 19.1 Å². The van der Waals surface area contributed by atoms with Gasteiger partial charge in [-0.1, -0.05) is 23.7 Å². The summed E-state index contributed by atoms with van der Waals surface area (Å²) in [5.74, 6) is 0.709. The lowest BCUT2D eigenvalue weighted by Gasteiger charge is -2.08. The molecule has 0 N–H and O–H groups in total. The van der Waals surface area contributed by atoms with Crippen molar-refractivity contribution >= 4 is 28.2 Å². The molecule has 4 aromatic rings. The molecule has 0 saturated carbocycles. The van der Waals surface area contributed by atoms with Gasteiger partial charge in [0.2, 0.25) is 5.82 Å². The van der Waals surface area contributed by atoms with E-state index in [1.807, 2.05) is 37.3 Å². The van der Waals surface area contributed by atoms with Gasteiger partial charge >= 0.3 is 0 Å². The molecular formula is C14H8ClN7. The number of nitrogens with zero attached hydrogens (tertiary/aromatic N) is 7. The summed E-state index contributed by atoms with van der Waals surface area (Å²) in [7, 11) is 0. The summed E-state index contributed by atoms with van der Waals surface area (Å²) in [6.45, 7) is 1.82. The number of fused-ring (bicyclic) bond motifs is 3. The summed E-state index contributed by atoms with van der Waals surface area (Å²) >= 11 is 6.30. The van der Waals surface area contributed by atoms with Gasteiger partial charge in [-0.3, -0.25) is 4.57 Å². The number of aromatic nitrogens is 6. The van der Waals surface area contributed by atoms with E-state index < -0.39 is 0 Å². The molecule has 7 nitrogen and oxygen atoms in total. The van der Waals surface area contributed by atoms with Gasteiger partial charge in [0.05, 0.1) is 11.2 Å². The monoisotopic (exact) mass is 309 g/mol. The van der Waals surface area contributed by atoms with Gasteiger partial charge in [0.15, 0.2) is 11.5 Å². The van der Waals surface area contributed by atoms with Gasteiger partial charge in [0.25, 0.3) is 0 Å². The van der Waals surface area contributed by atoms with Crippen molar-refractivity contribution in [3.8, 4) is 11.9 Å². The van der Waals surface area contributed by atoms with Crippen LogP contribution in [0.5, 0.6) is 0 Å². The smallest absolute Gasteiger partial charge is 0.240 e. The predicted octanol–water partition coefficient (Wildman–Crippen LogP) is 2.30. The van der Waals surface area contributed by atoms with Crippen molar-refractivity contribution < 1.29 is 0 Å². The zero-order valence-electron chi connectivity index (χ0n) is 11.4. The van der Waals surface area contributed by atoms with Crippen LogP contribution in [0, 0.1) is 18.3 Å². The number of nitriles is 1. The van der Waals surface area contributed by atoms with Gasteiger partial charge in [0.1, 0.15) is 17.4 Å². The highest BCUT2D eigenvalue weighted by Crippen LogP contribution is 2.27. The first-order valence-electron chi connectivity index (χ1n) is 6.45. The molecule has 0 fully saturated rings. The van der Waals surface area contributed by atoms with E-state index in [0.29, 0.717) is 22.2 Å². The van der Waals surface area contributed by atoms with Crippen LogP contribution in [-0.2, 0) is 0 Å². The second-order valence-corrected chi connectivity index (χ2v) is 5.10. The van der Waals surface area contributed by atoms with Crippen LogP contribution in [-0.4, -0.2) is 29.4 Å². The Hall–Kier alpha value is -2.98. The van der Waals surface area contributed by atoms with E-state index in [-0.39, 0.29) is 5.82 Å². The maximum Gasteiger partial charge on any atom is 0.240 e. The second kappa shape index (κ2) is 4.51. The second-order valence-electron chi connectivity index (χ2n) is 4.72. The maximum absolute atomic E-state index is 9.17. The van der Waals surface area contributed by atoms with Crippen LogP contribution < -0.4 is 0 Å². The van der Waals surface area contributed by atoms with Crippen molar-refractivity contribution in [3.05, 3.63) is 47.1 Å². The number of para-hydroxylation sites is 1. The van der Waals surface area contributed by atoms with Gasteiger partial charge < -0.3 is 0 Å². The Kier molecular flexibility index (Phi) is 2.61. The molecule has 3 aromatic heterocycles. The molecule has 0 spiro atoms. The van der Waals surface area contributed by atoms with Gasteiger partial charge in [-0.25, -0.2) is 9.50 Å². The van der Waals surface area contributed by atoms with E-state index in [0.717, 1.165) is 10.9 Å². The minimum atomic E-state index is 0.161. The molecule has 8 heteroatoms. The van der Waals surface area contributed by atoms with Crippen molar-refractivity contribution in [3.63, 3.8) is 0 Å². The van der Waals surface area contributed by atoms with Gasteiger partial charge in [-0.15, -0.1) is 10.2 Å². The lowest BCUT2D eigenvalue weighted by Crippen LogP contribution is -2.04. The molecule has 0 amide bonds. The highest BCUT2D eigenvalue weighted by Gasteiger charge is 2.17. The fourth-order valence-electron chi connectivity index (χ4n) is 2.42. The third-order valence-electron chi connectivity index (χ3n) is 3.43. The highest BCUT2D eigenvalue weighted by molar-refractivity contribution is 6.34. The molecule has 0 aliphatic heterocycles. The summed E-state index contributed by atoms with van der Waals surface area (Å²) in [5.41, 5.74) is 2.07. The first-order chi connectivity index (χ1) is 10.7. The average Bonchev–Trinajstić information content (AvgIpc) is 3.12. The SMILES string of the molecule is Cc1nn2c(nc(-n3cnnc3C#N)c3ccccc32)c1Cl. The van der Waals surface area contributed by atoms with Gasteiger partial charge in [-0.2, -0.15) is 10.4 Å². The lowest BCUT2D eigenvalue weighted by molar-refractivity contribution is 0.928. The van der Waals surface area contributed by atoms with Crippen LogP contribution in [0.25, 0.3) is 22.4 Å². The first-order valence-corrected chi connectivity index (χ1v) is 6.82. The van der Waals surface area contributed by atoms with Crippen molar-refractivity contribution in [1.82, 2.24) is 29.4 Å². The van der Waals surface area contributed by atoms with Gasteiger partial charge in [0, 0.05) is 5.39 Å². The van der Waals surface area contributed by atoms with E-state index in [9.17, 15) is 0 Å². The average molecular weight is 310 g/mol. The summed E-state index contributed by atoms with van der Waals surface area (Å²) in [6, 6.07) is 9.64. The Morgan fingerprint density at radius 3 is 2.91 bits per heavy atom. The van der Waals surface area contributed by atoms with Crippen LogP contribution in [0.1, 0.15) is 11.5 Å². The van der Waals surface area contributed by atoms with Crippen LogP contribution in [0.4, 0.5) is 0 Å². The molecule has 4 rings (SSSR count). The molecule has 0 bridgehead atoms. The maximum atomic E-state index is 9.17. The largest absolute Gasteiger partial charge is 0.256 e. The molecule has 0 aliphatic rings. The summed E-state index contributed by atoms with van der Waals surface area (Å²) in [6.07, 6.45) is 1.46. The summed E-state index contributed by atoms with van der Waals surface area (Å²) < 4.78 is 3.24. The Labute approximate surface area is 129 Å². The Morgan fingerprint density at radius 1 is 1.27 bits per heavy atom. The Bertz CT molecular complexity index is 1070. The van der Waals surface area contributed by atoms with E-state index in [1.165, 1.54) is 6.33 Å². The van der Waals surface area contributed by atoms with E-state index in [4.69, 9.17) is 16.9 Å². The molecular weight excluding hydrogens is 302 g/mol. The Morgan fingerprint density at radius 2 is 2.09 bits per heavy atom. The number of rotatable bonds is 1. The van der Waals surface area contributed by atoms with Crippen LogP contribution in [0.15, 0.2) is 30.6 Å². The molecule has 22 heavy (non-hydrogen) atoms. The number of benzene rings is 1. The molecule has 0 saturated heterocycles.